The Labute approximate surface area is 224 Å². The summed E-state index contributed by atoms with van der Waals surface area (Å²) >= 11 is 1.62. The smallest absolute Gasteiger partial charge is 0.223 e. The molecule has 1 aliphatic carbocycles. The van der Waals surface area contributed by atoms with Gasteiger partial charge in [-0.3, -0.25) is 9.69 Å². The summed E-state index contributed by atoms with van der Waals surface area (Å²) in [6.07, 6.45) is 11.2. The van der Waals surface area contributed by atoms with E-state index in [2.05, 4.69) is 57.0 Å². The van der Waals surface area contributed by atoms with Crippen LogP contribution in [0.15, 0.2) is 17.3 Å². The summed E-state index contributed by atoms with van der Waals surface area (Å²) in [5, 5.41) is 15.4. The molecule has 2 aromatic rings. The Kier molecular flexibility index (Phi) is 8.39. The second-order valence-electron chi connectivity index (χ2n) is 11.7. The topological polar surface area (TPSA) is 92.5 Å². The highest BCUT2D eigenvalue weighted by molar-refractivity contribution is 7.12. The van der Waals surface area contributed by atoms with Crippen LogP contribution >= 0.6 is 11.3 Å². The van der Waals surface area contributed by atoms with Gasteiger partial charge in [-0.2, -0.15) is 4.91 Å². The largest absolute Gasteiger partial charge is 0.348 e. The number of nitrogens with one attached hydrogen (secondary N) is 1. The number of amides is 1. The van der Waals surface area contributed by atoms with Gasteiger partial charge in [0.1, 0.15) is 18.2 Å². The molecule has 3 aliphatic rings. The number of nitroso groups, excluding NO2 is 1. The number of carbonyl (C=O) groups is 1. The van der Waals surface area contributed by atoms with Crippen LogP contribution in [0.5, 0.6) is 0 Å². The molecule has 37 heavy (non-hydrogen) atoms. The molecule has 2 aromatic heterocycles. The maximum Gasteiger partial charge on any atom is 0.223 e. The molecule has 1 N–H and O–H groups in total. The molecule has 0 aromatic carbocycles. The minimum atomic E-state index is -0.00964. The second kappa shape index (κ2) is 11.7. The molecule has 3 atom stereocenters. The molecule has 1 saturated carbocycles. The Morgan fingerprint density at radius 1 is 1.08 bits per heavy atom. The second-order valence-corrected chi connectivity index (χ2v) is 12.9. The predicted octanol–water partition coefficient (Wildman–Crippen LogP) is 6.03. The minimum absolute atomic E-state index is 0.00964. The number of thiophene rings is 1. The number of carbonyl (C=O) groups excluding carboxylic acids is 1. The molecule has 2 saturated heterocycles. The Bertz CT molecular complexity index is 1060. The first-order chi connectivity index (χ1) is 17.9. The Morgan fingerprint density at radius 3 is 2.49 bits per heavy atom. The number of hydrogen-bond acceptors (Lipinski definition) is 7. The summed E-state index contributed by atoms with van der Waals surface area (Å²) < 4.78 is 2.41. The Morgan fingerprint density at radius 2 is 1.81 bits per heavy atom. The lowest BCUT2D eigenvalue weighted by molar-refractivity contribution is -0.126. The summed E-state index contributed by atoms with van der Waals surface area (Å²) in [6, 6.07) is 5.67. The van der Waals surface area contributed by atoms with Gasteiger partial charge in [0.25, 0.3) is 0 Å². The van der Waals surface area contributed by atoms with Crippen molar-refractivity contribution >= 4 is 17.2 Å². The van der Waals surface area contributed by atoms with E-state index in [9.17, 15) is 9.70 Å². The van der Waals surface area contributed by atoms with Gasteiger partial charge in [-0.1, -0.05) is 38.3 Å². The molecule has 0 radical (unpaired) electrons. The van der Waals surface area contributed by atoms with Gasteiger partial charge in [0.05, 0.1) is 6.04 Å². The number of aryl methyl sites for hydroxylation is 1. The average molecular weight is 527 g/mol. The molecule has 2 aliphatic heterocycles. The first kappa shape index (κ1) is 26.5. The van der Waals surface area contributed by atoms with E-state index < -0.39 is 0 Å². The third-order valence-electron chi connectivity index (χ3n) is 8.85. The van der Waals surface area contributed by atoms with Crippen LogP contribution < -0.4 is 5.32 Å². The summed E-state index contributed by atoms with van der Waals surface area (Å²) in [6.45, 7) is 7.67. The van der Waals surface area contributed by atoms with Gasteiger partial charge < -0.3 is 9.88 Å². The van der Waals surface area contributed by atoms with Crippen molar-refractivity contribution in [1.29, 1.82) is 0 Å². The van der Waals surface area contributed by atoms with E-state index in [0.717, 1.165) is 72.9 Å². The van der Waals surface area contributed by atoms with E-state index in [1.54, 1.807) is 11.3 Å². The lowest BCUT2D eigenvalue weighted by Gasteiger charge is -2.40. The fraction of sp³-hybridized carbons (Fsp3) is 0.750. The van der Waals surface area contributed by atoms with Crippen LogP contribution in [0.2, 0.25) is 0 Å². The summed E-state index contributed by atoms with van der Waals surface area (Å²) in [7, 11) is 0. The quantitative estimate of drug-likeness (QED) is 0.381. The van der Waals surface area contributed by atoms with Crippen LogP contribution in [-0.2, 0) is 11.3 Å². The number of hydrogen-bond donors (Lipinski definition) is 1. The number of nitrogens with zero attached hydrogens (tertiary/aromatic N) is 5. The highest BCUT2D eigenvalue weighted by Gasteiger charge is 2.42. The molecule has 8 nitrogen and oxygen atoms in total. The molecule has 0 spiro atoms. The summed E-state index contributed by atoms with van der Waals surface area (Å²) in [5.41, 5.74) is 0. The van der Waals surface area contributed by atoms with Crippen molar-refractivity contribution in [2.75, 3.05) is 6.54 Å². The van der Waals surface area contributed by atoms with Crippen molar-refractivity contribution in [2.24, 2.45) is 11.1 Å². The summed E-state index contributed by atoms with van der Waals surface area (Å²) in [5.74, 6) is 2.86. The molecule has 5 rings (SSSR count). The maximum absolute atomic E-state index is 13.2. The highest BCUT2D eigenvalue weighted by Crippen LogP contribution is 2.42. The lowest BCUT2D eigenvalue weighted by atomic mass is 9.88. The molecule has 4 heterocycles. The zero-order valence-electron chi connectivity index (χ0n) is 22.6. The molecule has 9 heteroatoms. The van der Waals surface area contributed by atoms with Crippen molar-refractivity contribution in [3.8, 4) is 0 Å². The van der Waals surface area contributed by atoms with Gasteiger partial charge in [-0.15, -0.1) is 21.5 Å². The van der Waals surface area contributed by atoms with E-state index in [0.29, 0.717) is 24.0 Å². The Balaban J connectivity index is 1.26. The first-order valence-corrected chi connectivity index (χ1v) is 15.1. The SMILES string of the molecule is Cc1nnc(C(C)C)n1C1CC2CCC(C1)N2CC[C@H](NC(=O)C1CCCCC1)c1ccc(CN=O)s1. The fourth-order valence-electron chi connectivity index (χ4n) is 7.00. The number of fused-ring (bicyclic) bond motifs is 2. The van der Waals surface area contributed by atoms with Crippen LogP contribution in [0.4, 0.5) is 0 Å². The van der Waals surface area contributed by atoms with Crippen LogP contribution in [0.1, 0.15) is 117 Å². The standard InChI is InChI=1S/C28H42N6O2S/c1-18(2)27-32-31-19(3)34(27)23-15-21-9-10-22(16-23)33(21)14-13-25(26-12-11-24(37-26)17-29-36)30-28(35)20-7-5-4-6-8-20/h11-12,18,20-23,25H,4-10,13-17H2,1-3H3,(H,30,35)/t21?,22?,23?,25-/m0/s1. The van der Waals surface area contributed by atoms with Crippen molar-refractivity contribution in [2.45, 2.75) is 122 Å². The van der Waals surface area contributed by atoms with Crippen molar-refractivity contribution in [1.82, 2.24) is 25.0 Å². The predicted molar refractivity (Wildman–Crippen MR) is 147 cm³/mol. The normalized spacial score (nSPS) is 25.5. The van der Waals surface area contributed by atoms with Gasteiger partial charge in [0.2, 0.25) is 5.91 Å². The van der Waals surface area contributed by atoms with E-state index in [1.165, 1.54) is 19.3 Å². The fourth-order valence-corrected chi connectivity index (χ4v) is 8.01. The first-order valence-electron chi connectivity index (χ1n) is 14.3. The molecule has 1 amide bonds. The molecular formula is C28H42N6O2S. The van der Waals surface area contributed by atoms with Crippen LogP contribution in [-0.4, -0.2) is 44.2 Å². The van der Waals surface area contributed by atoms with E-state index in [1.807, 2.05) is 6.07 Å². The van der Waals surface area contributed by atoms with Gasteiger partial charge >= 0.3 is 0 Å². The van der Waals surface area contributed by atoms with E-state index in [4.69, 9.17) is 0 Å². The van der Waals surface area contributed by atoms with Crippen molar-refractivity contribution in [3.05, 3.63) is 38.4 Å². The van der Waals surface area contributed by atoms with Crippen molar-refractivity contribution in [3.63, 3.8) is 0 Å². The van der Waals surface area contributed by atoms with Crippen LogP contribution in [0.3, 0.4) is 0 Å². The van der Waals surface area contributed by atoms with Crippen LogP contribution in [0.25, 0.3) is 0 Å². The zero-order chi connectivity index (χ0) is 25.9. The monoisotopic (exact) mass is 526 g/mol. The highest BCUT2D eigenvalue weighted by atomic mass is 32.1. The molecule has 2 bridgehead atoms. The number of piperidine rings is 1. The molecule has 3 fully saturated rings. The van der Waals surface area contributed by atoms with E-state index in [-0.39, 0.29) is 24.4 Å². The average Bonchev–Trinajstić information content (AvgIpc) is 3.58. The van der Waals surface area contributed by atoms with Gasteiger partial charge in [0, 0.05) is 46.3 Å². The summed E-state index contributed by atoms with van der Waals surface area (Å²) in [4.78, 5) is 28.8. The maximum atomic E-state index is 13.2. The minimum Gasteiger partial charge on any atom is -0.348 e. The van der Waals surface area contributed by atoms with E-state index >= 15 is 0 Å². The molecular weight excluding hydrogens is 484 g/mol. The lowest BCUT2D eigenvalue weighted by Crippen LogP contribution is -2.45. The number of rotatable bonds is 10. The van der Waals surface area contributed by atoms with Gasteiger partial charge in [0.15, 0.2) is 0 Å². The molecule has 202 valence electrons. The van der Waals surface area contributed by atoms with Gasteiger partial charge in [-0.05, 0) is 64.0 Å². The Hall–Kier alpha value is -2.13. The van der Waals surface area contributed by atoms with Crippen LogP contribution in [0, 0.1) is 17.7 Å². The zero-order valence-corrected chi connectivity index (χ0v) is 23.4. The van der Waals surface area contributed by atoms with Crippen molar-refractivity contribution < 1.29 is 4.79 Å². The third kappa shape index (κ3) is 5.82. The van der Waals surface area contributed by atoms with Gasteiger partial charge in [-0.25, -0.2) is 0 Å². The third-order valence-corrected chi connectivity index (χ3v) is 10.0. The number of aromatic nitrogens is 3. The molecule has 2 unspecified atom stereocenters.